The largest absolute Gasteiger partial charge is 0.376 e. The van der Waals surface area contributed by atoms with E-state index in [1.165, 1.54) is 0 Å². The zero-order chi connectivity index (χ0) is 14.2. The lowest BCUT2D eigenvalue weighted by atomic mass is 9.83. The maximum atomic E-state index is 12.2. The van der Waals surface area contributed by atoms with Crippen LogP contribution in [0.5, 0.6) is 0 Å². The molecule has 2 aromatic rings. The lowest BCUT2D eigenvalue weighted by Gasteiger charge is -2.26. The quantitative estimate of drug-likeness (QED) is 0.910. The summed E-state index contributed by atoms with van der Waals surface area (Å²) < 4.78 is 5.33. The molecule has 20 heavy (non-hydrogen) atoms. The molecule has 1 aliphatic rings. The Kier molecular flexibility index (Phi) is 3.18. The SMILES string of the molecule is CC(C)(c1ccccc1)c1nc2c(c(=O)[nH]1)COCC2. The monoisotopic (exact) mass is 270 g/mol. The molecule has 2 heterocycles. The Labute approximate surface area is 117 Å². The van der Waals surface area contributed by atoms with Gasteiger partial charge in [0.05, 0.1) is 24.5 Å². The van der Waals surface area contributed by atoms with Crippen molar-refractivity contribution >= 4 is 0 Å². The van der Waals surface area contributed by atoms with Crippen molar-refractivity contribution in [1.29, 1.82) is 0 Å². The summed E-state index contributed by atoms with van der Waals surface area (Å²) in [6, 6.07) is 10.1. The van der Waals surface area contributed by atoms with E-state index in [1.54, 1.807) is 0 Å². The number of nitrogens with zero attached hydrogens (tertiary/aromatic N) is 1. The summed E-state index contributed by atoms with van der Waals surface area (Å²) in [6.45, 7) is 5.15. The normalized spacial score (nSPS) is 14.9. The smallest absolute Gasteiger partial charge is 0.256 e. The zero-order valence-corrected chi connectivity index (χ0v) is 11.8. The summed E-state index contributed by atoms with van der Waals surface area (Å²) >= 11 is 0. The van der Waals surface area contributed by atoms with Crippen molar-refractivity contribution < 1.29 is 4.74 Å². The highest BCUT2D eigenvalue weighted by atomic mass is 16.5. The second kappa shape index (κ2) is 4.87. The summed E-state index contributed by atoms with van der Waals surface area (Å²) in [7, 11) is 0. The Morgan fingerprint density at radius 1 is 1.25 bits per heavy atom. The van der Waals surface area contributed by atoms with E-state index >= 15 is 0 Å². The molecule has 1 aromatic carbocycles. The Hall–Kier alpha value is -1.94. The van der Waals surface area contributed by atoms with Crippen molar-refractivity contribution in [2.24, 2.45) is 0 Å². The number of nitrogens with one attached hydrogen (secondary N) is 1. The standard InChI is InChI=1S/C16H18N2O2/c1-16(2,11-6-4-3-5-7-11)15-17-13-8-9-20-10-12(13)14(19)18-15/h3-7H,8-10H2,1-2H3,(H,17,18,19). The Balaban J connectivity index is 2.11. The zero-order valence-electron chi connectivity index (χ0n) is 11.8. The summed E-state index contributed by atoms with van der Waals surface area (Å²) in [5.74, 6) is 0.717. The van der Waals surface area contributed by atoms with Crippen LogP contribution in [0.1, 0.15) is 36.5 Å². The van der Waals surface area contributed by atoms with E-state index in [0.29, 0.717) is 31.0 Å². The van der Waals surface area contributed by atoms with Crippen LogP contribution in [0.3, 0.4) is 0 Å². The summed E-state index contributed by atoms with van der Waals surface area (Å²) in [5, 5.41) is 0. The fourth-order valence-corrected chi connectivity index (χ4v) is 2.53. The van der Waals surface area contributed by atoms with Crippen molar-refractivity contribution in [2.45, 2.75) is 32.3 Å². The minimum atomic E-state index is -0.326. The predicted molar refractivity (Wildman–Crippen MR) is 76.8 cm³/mol. The van der Waals surface area contributed by atoms with Gasteiger partial charge in [0, 0.05) is 11.8 Å². The third kappa shape index (κ3) is 2.16. The van der Waals surface area contributed by atoms with Crippen LogP contribution in [0.15, 0.2) is 35.1 Å². The Morgan fingerprint density at radius 2 is 2.00 bits per heavy atom. The summed E-state index contributed by atoms with van der Waals surface area (Å²) in [5.41, 5.74) is 2.28. The second-order valence-corrected chi connectivity index (χ2v) is 5.63. The third-order valence-corrected chi connectivity index (χ3v) is 3.92. The molecule has 104 valence electrons. The first-order valence-corrected chi connectivity index (χ1v) is 6.85. The average Bonchev–Trinajstić information content (AvgIpc) is 2.48. The van der Waals surface area contributed by atoms with Crippen LogP contribution < -0.4 is 5.56 Å². The highest BCUT2D eigenvalue weighted by Gasteiger charge is 2.28. The number of hydrogen-bond acceptors (Lipinski definition) is 3. The molecule has 0 radical (unpaired) electrons. The molecule has 0 bridgehead atoms. The topological polar surface area (TPSA) is 55.0 Å². The molecule has 1 N–H and O–H groups in total. The van der Waals surface area contributed by atoms with Crippen LogP contribution in [-0.4, -0.2) is 16.6 Å². The van der Waals surface area contributed by atoms with Crippen LogP contribution in [0.25, 0.3) is 0 Å². The van der Waals surface area contributed by atoms with Crippen molar-refractivity contribution in [3.8, 4) is 0 Å². The van der Waals surface area contributed by atoms with Gasteiger partial charge in [-0.25, -0.2) is 4.98 Å². The first-order chi connectivity index (χ1) is 9.59. The van der Waals surface area contributed by atoms with E-state index in [4.69, 9.17) is 4.74 Å². The lowest BCUT2D eigenvalue weighted by Crippen LogP contribution is -2.31. The van der Waals surface area contributed by atoms with Gasteiger partial charge in [0.1, 0.15) is 5.82 Å². The molecule has 0 atom stereocenters. The molecule has 0 aliphatic carbocycles. The van der Waals surface area contributed by atoms with E-state index in [9.17, 15) is 4.79 Å². The van der Waals surface area contributed by atoms with Crippen molar-refractivity contribution in [3.05, 3.63) is 63.3 Å². The summed E-state index contributed by atoms with van der Waals surface area (Å²) in [6.07, 6.45) is 0.705. The van der Waals surface area contributed by atoms with Crippen LogP contribution in [0, 0.1) is 0 Å². The van der Waals surface area contributed by atoms with E-state index < -0.39 is 0 Å². The molecule has 0 spiro atoms. The Morgan fingerprint density at radius 3 is 2.75 bits per heavy atom. The van der Waals surface area contributed by atoms with Crippen LogP contribution in [0.2, 0.25) is 0 Å². The number of rotatable bonds is 2. The number of benzene rings is 1. The number of aromatic amines is 1. The molecule has 0 amide bonds. The maximum Gasteiger partial charge on any atom is 0.256 e. The van der Waals surface area contributed by atoms with Gasteiger partial charge in [-0.15, -0.1) is 0 Å². The van der Waals surface area contributed by atoms with E-state index in [-0.39, 0.29) is 11.0 Å². The molecular weight excluding hydrogens is 252 g/mol. The number of fused-ring (bicyclic) bond motifs is 1. The number of ether oxygens (including phenoxy) is 1. The number of aromatic nitrogens is 2. The fraction of sp³-hybridized carbons (Fsp3) is 0.375. The molecule has 1 aliphatic heterocycles. The minimum Gasteiger partial charge on any atom is -0.376 e. The average molecular weight is 270 g/mol. The first kappa shape index (κ1) is 13.1. The molecule has 0 unspecified atom stereocenters. The van der Waals surface area contributed by atoms with E-state index in [0.717, 1.165) is 11.3 Å². The molecule has 0 fully saturated rings. The maximum absolute atomic E-state index is 12.2. The molecule has 0 saturated carbocycles. The molecule has 1 aromatic heterocycles. The first-order valence-electron chi connectivity index (χ1n) is 6.85. The highest BCUT2D eigenvalue weighted by molar-refractivity contribution is 5.32. The van der Waals surface area contributed by atoms with Gasteiger partial charge in [-0.3, -0.25) is 4.79 Å². The molecule has 4 nitrogen and oxygen atoms in total. The molecular formula is C16H18N2O2. The number of hydrogen-bond donors (Lipinski definition) is 1. The van der Waals surface area contributed by atoms with E-state index in [1.807, 2.05) is 18.2 Å². The van der Waals surface area contributed by atoms with Gasteiger partial charge >= 0.3 is 0 Å². The fourth-order valence-electron chi connectivity index (χ4n) is 2.53. The minimum absolute atomic E-state index is 0.0753. The molecule has 4 heteroatoms. The van der Waals surface area contributed by atoms with Crippen LogP contribution >= 0.6 is 0 Å². The van der Waals surface area contributed by atoms with Gasteiger partial charge in [-0.1, -0.05) is 30.3 Å². The van der Waals surface area contributed by atoms with Gasteiger partial charge < -0.3 is 9.72 Å². The molecule has 0 saturated heterocycles. The van der Waals surface area contributed by atoms with Gasteiger partial charge in [-0.05, 0) is 19.4 Å². The van der Waals surface area contributed by atoms with Gasteiger partial charge in [0.2, 0.25) is 0 Å². The van der Waals surface area contributed by atoms with Gasteiger partial charge in [-0.2, -0.15) is 0 Å². The van der Waals surface area contributed by atoms with Gasteiger partial charge in [0.25, 0.3) is 5.56 Å². The Bertz CT molecular complexity index is 675. The second-order valence-electron chi connectivity index (χ2n) is 5.63. The van der Waals surface area contributed by atoms with Crippen molar-refractivity contribution in [1.82, 2.24) is 9.97 Å². The van der Waals surface area contributed by atoms with Crippen LogP contribution in [0.4, 0.5) is 0 Å². The van der Waals surface area contributed by atoms with Crippen LogP contribution in [-0.2, 0) is 23.2 Å². The summed E-state index contributed by atoms with van der Waals surface area (Å²) in [4.78, 5) is 19.8. The number of H-pyrrole nitrogens is 1. The van der Waals surface area contributed by atoms with Gasteiger partial charge in [0.15, 0.2) is 0 Å². The van der Waals surface area contributed by atoms with E-state index in [2.05, 4.69) is 35.9 Å². The van der Waals surface area contributed by atoms with Crippen molar-refractivity contribution in [2.75, 3.05) is 6.61 Å². The predicted octanol–water partition coefficient (Wildman–Crippen LogP) is 2.17. The molecule has 3 rings (SSSR count). The van der Waals surface area contributed by atoms with Crippen molar-refractivity contribution in [3.63, 3.8) is 0 Å². The highest BCUT2D eigenvalue weighted by Crippen LogP contribution is 2.28. The third-order valence-electron chi connectivity index (χ3n) is 3.92. The lowest BCUT2D eigenvalue weighted by molar-refractivity contribution is 0.107.